The van der Waals surface area contributed by atoms with Gasteiger partial charge in [-0.2, -0.15) is 0 Å². The largest absolute Gasteiger partial charge is 0.459 e. The van der Waals surface area contributed by atoms with Gasteiger partial charge in [-0.05, 0) is 50.1 Å². The van der Waals surface area contributed by atoms with Crippen LogP contribution in [0.25, 0.3) is 0 Å². The smallest absolute Gasteiger partial charge is 0.289 e. The number of furan rings is 1. The molecule has 0 saturated carbocycles. The highest BCUT2D eigenvalue weighted by atomic mass is 127. The van der Waals surface area contributed by atoms with E-state index in [1.807, 2.05) is 49.9 Å². The van der Waals surface area contributed by atoms with Crippen molar-refractivity contribution in [2.45, 2.75) is 39.8 Å². The molecule has 1 unspecified atom stereocenters. The highest BCUT2D eigenvalue weighted by molar-refractivity contribution is 14.0. The van der Waals surface area contributed by atoms with Crippen molar-refractivity contribution in [3.63, 3.8) is 0 Å². The number of carbonyl (C=O) groups excluding carboxylic acids is 2. The van der Waals surface area contributed by atoms with E-state index in [-0.39, 0.29) is 41.8 Å². The molecule has 8 nitrogen and oxygen atoms in total. The second-order valence-corrected chi connectivity index (χ2v) is 7.91. The fraction of sp³-hybridized carbons (Fsp3) is 0.458. The first-order chi connectivity index (χ1) is 15.5. The number of rotatable bonds is 7. The molecule has 1 aliphatic rings. The molecular weight excluding hydrogens is 533 g/mol. The predicted molar refractivity (Wildman–Crippen MR) is 140 cm³/mol. The van der Waals surface area contributed by atoms with Crippen molar-refractivity contribution in [2.75, 3.05) is 32.7 Å². The van der Waals surface area contributed by atoms with Crippen LogP contribution >= 0.6 is 24.0 Å². The SMILES string of the molecule is CCNC(=NCc1ccc(C(=O)NC(C)CC)cc1)N1CCN(C(=O)c2ccco2)CC1.I. The standard InChI is InChI=1S/C24H33N5O3.HI/c1-4-18(3)27-22(30)20-10-8-19(9-11-20)17-26-24(25-5-2)29-14-12-28(13-15-29)23(31)21-7-6-16-32-21;/h6-11,16,18H,4-5,12-15,17H2,1-3H3,(H,25,26)(H,27,30);1H. The summed E-state index contributed by atoms with van der Waals surface area (Å²) in [5.41, 5.74) is 1.69. The zero-order valence-electron chi connectivity index (χ0n) is 19.5. The summed E-state index contributed by atoms with van der Waals surface area (Å²) in [7, 11) is 0. The van der Waals surface area contributed by atoms with Crippen LogP contribution in [0.3, 0.4) is 0 Å². The van der Waals surface area contributed by atoms with Gasteiger partial charge >= 0.3 is 0 Å². The second-order valence-electron chi connectivity index (χ2n) is 7.91. The fourth-order valence-corrected chi connectivity index (χ4v) is 3.44. The van der Waals surface area contributed by atoms with E-state index >= 15 is 0 Å². The van der Waals surface area contributed by atoms with Gasteiger partial charge < -0.3 is 24.9 Å². The maximum Gasteiger partial charge on any atom is 0.289 e. The van der Waals surface area contributed by atoms with Crippen LogP contribution in [-0.2, 0) is 6.54 Å². The first-order valence-electron chi connectivity index (χ1n) is 11.3. The second kappa shape index (κ2) is 13.2. The van der Waals surface area contributed by atoms with Crippen molar-refractivity contribution in [1.82, 2.24) is 20.4 Å². The van der Waals surface area contributed by atoms with Crippen LogP contribution < -0.4 is 10.6 Å². The molecule has 3 rings (SSSR count). The van der Waals surface area contributed by atoms with Crippen LogP contribution in [0, 0.1) is 0 Å². The molecule has 0 bridgehead atoms. The first-order valence-corrected chi connectivity index (χ1v) is 11.3. The Hall–Kier alpha value is -2.56. The molecule has 1 saturated heterocycles. The Balaban J connectivity index is 0.00000385. The lowest BCUT2D eigenvalue weighted by Crippen LogP contribution is -2.53. The third-order valence-electron chi connectivity index (χ3n) is 5.55. The van der Waals surface area contributed by atoms with E-state index < -0.39 is 0 Å². The maximum absolute atomic E-state index is 12.5. The number of hydrogen-bond acceptors (Lipinski definition) is 4. The fourth-order valence-electron chi connectivity index (χ4n) is 3.44. The first kappa shape index (κ1) is 26.7. The van der Waals surface area contributed by atoms with Gasteiger partial charge in [0.25, 0.3) is 11.8 Å². The zero-order valence-corrected chi connectivity index (χ0v) is 21.9. The van der Waals surface area contributed by atoms with Crippen molar-refractivity contribution in [3.05, 3.63) is 59.5 Å². The molecule has 1 aromatic heterocycles. The van der Waals surface area contributed by atoms with E-state index in [4.69, 9.17) is 9.41 Å². The summed E-state index contributed by atoms with van der Waals surface area (Å²) in [5.74, 6) is 1.08. The zero-order chi connectivity index (χ0) is 22.9. The lowest BCUT2D eigenvalue weighted by molar-refractivity contribution is 0.0657. The van der Waals surface area contributed by atoms with Crippen LogP contribution in [0.5, 0.6) is 0 Å². The topological polar surface area (TPSA) is 90.2 Å². The molecule has 9 heteroatoms. The molecular formula is C24H34IN5O3. The highest BCUT2D eigenvalue weighted by Crippen LogP contribution is 2.11. The predicted octanol–water partition coefficient (Wildman–Crippen LogP) is 3.35. The van der Waals surface area contributed by atoms with Gasteiger partial charge in [-0.3, -0.25) is 9.59 Å². The Morgan fingerprint density at radius 2 is 1.73 bits per heavy atom. The van der Waals surface area contributed by atoms with Crippen molar-refractivity contribution in [1.29, 1.82) is 0 Å². The number of carbonyl (C=O) groups is 2. The van der Waals surface area contributed by atoms with Gasteiger partial charge in [0, 0.05) is 44.3 Å². The van der Waals surface area contributed by atoms with Gasteiger partial charge in [-0.15, -0.1) is 24.0 Å². The van der Waals surface area contributed by atoms with E-state index in [2.05, 4.69) is 15.5 Å². The minimum Gasteiger partial charge on any atom is -0.459 e. The van der Waals surface area contributed by atoms with Crippen molar-refractivity contribution < 1.29 is 14.0 Å². The molecule has 1 aliphatic heterocycles. The van der Waals surface area contributed by atoms with Gasteiger partial charge in [0.05, 0.1) is 12.8 Å². The number of guanidine groups is 1. The van der Waals surface area contributed by atoms with Crippen LogP contribution in [0.2, 0.25) is 0 Å². The normalized spacial score (nSPS) is 14.9. The summed E-state index contributed by atoms with van der Waals surface area (Å²) in [6.45, 7) is 9.99. The summed E-state index contributed by atoms with van der Waals surface area (Å²) in [6.07, 6.45) is 2.42. The summed E-state index contributed by atoms with van der Waals surface area (Å²) in [6, 6.07) is 11.1. The molecule has 1 aromatic carbocycles. The molecule has 180 valence electrons. The van der Waals surface area contributed by atoms with Crippen molar-refractivity contribution in [2.24, 2.45) is 4.99 Å². The third kappa shape index (κ3) is 7.48. The van der Waals surface area contributed by atoms with Gasteiger partial charge in [-0.25, -0.2) is 4.99 Å². The maximum atomic E-state index is 12.5. The summed E-state index contributed by atoms with van der Waals surface area (Å²) in [5, 5.41) is 6.32. The number of amides is 2. The molecule has 0 spiro atoms. The van der Waals surface area contributed by atoms with Crippen LogP contribution in [0.1, 0.15) is 53.7 Å². The van der Waals surface area contributed by atoms with Crippen LogP contribution in [-0.4, -0.2) is 66.3 Å². The minimum absolute atomic E-state index is 0. The summed E-state index contributed by atoms with van der Waals surface area (Å²) >= 11 is 0. The molecule has 2 aromatic rings. The lowest BCUT2D eigenvalue weighted by atomic mass is 10.1. The number of hydrogen-bond donors (Lipinski definition) is 2. The molecule has 2 N–H and O–H groups in total. The average Bonchev–Trinajstić information content (AvgIpc) is 3.36. The Morgan fingerprint density at radius 3 is 2.30 bits per heavy atom. The molecule has 0 aliphatic carbocycles. The van der Waals surface area contributed by atoms with Crippen LogP contribution in [0.4, 0.5) is 0 Å². The number of halogens is 1. The quantitative estimate of drug-likeness (QED) is 0.305. The molecule has 0 radical (unpaired) electrons. The third-order valence-corrected chi connectivity index (χ3v) is 5.55. The van der Waals surface area contributed by atoms with E-state index in [9.17, 15) is 9.59 Å². The summed E-state index contributed by atoms with van der Waals surface area (Å²) < 4.78 is 5.23. The van der Waals surface area contributed by atoms with Gasteiger partial charge in [-0.1, -0.05) is 19.1 Å². The van der Waals surface area contributed by atoms with E-state index in [0.29, 0.717) is 44.0 Å². The number of benzene rings is 1. The lowest BCUT2D eigenvalue weighted by Gasteiger charge is -2.36. The molecule has 2 amide bonds. The van der Waals surface area contributed by atoms with Crippen LogP contribution in [0.15, 0.2) is 52.1 Å². The van der Waals surface area contributed by atoms with E-state index in [1.165, 1.54) is 6.26 Å². The average molecular weight is 567 g/mol. The number of piperazine rings is 1. The highest BCUT2D eigenvalue weighted by Gasteiger charge is 2.25. The molecule has 33 heavy (non-hydrogen) atoms. The number of nitrogens with zero attached hydrogens (tertiary/aromatic N) is 3. The van der Waals surface area contributed by atoms with Gasteiger partial charge in [0.1, 0.15) is 0 Å². The van der Waals surface area contributed by atoms with Crippen molar-refractivity contribution in [3.8, 4) is 0 Å². The monoisotopic (exact) mass is 567 g/mol. The Bertz CT molecular complexity index is 907. The minimum atomic E-state index is -0.0750. The Kier molecular flexibility index (Phi) is 10.7. The Labute approximate surface area is 212 Å². The Morgan fingerprint density at radius 1 is 1.06 bits per heavy atom. The van der Waals surface area contributed by atoms with E-state index in [0.717, 1.165) is 24.5 Å². The molecule has 2 heterocycles. The number of nitrogens with one attached hydrogen (secondary N) is 2. The molecule has 1 fully saturated rings. The van der Waals surface area contributed by atoms with Gasteiger partial charge in [0.15, 0.2) is 11.7 Å². The van der Waals surface area contributed by atoms with E-state index in [1.54, 1.807) is 12.1 Å². The summed E-state index contributed by atoms with van der Waals surface area (Å²) in [4.78, 5) is 33.5. The molecule has 1 atom stereocenters. The van der Waals surface area contributed by atoms with Gasteiger partial charge in [0.2, 0.25) is 0 Å². The van der Waals surface area contributed by atoms with Crippen molar-refractivity contribution >= 4 is 41.8 Å². The number of aliphatic imine (C=N–C) groups is 1.